The molecule has 0 spiro atoms. The number of rotatable bonds is 6. The summed E-state index contributed by atoms with van der Waals surface area (Å²) in [4.78, 5) is 11.1. The largest absolute Gasteiger partial charge is 0.392 e. The highest BCUT2D eigenvalue weighted by Gasteiger charge is 2.42. The molecule has 1 rings (SSSR count). The van der Waals surface area contributed by atoms with E-state index in [0.29, 0.717) is 0 Å². The van der Waals surface area contributed by atoms with Gasteiger partial charge in [0.2, 0.25) is 5.91 Å². The van der Waals surface area contributed by atoms with Crippen LogP contribution in [0.1, 0.15) is 33.1 Å². The SMILES string of the molecule is CCCCCSC1NC(=O)C1[C@@H](C)O. The van der Waals surface area contributed by atoms with Gasteiger partial charge in [-0.25, -0.2) is 0 Å². The number of aliphatic hydroxyl groups excluding tert-OH is 1. The molecule has 0 aromatic heterocycles. The summed E-state index contributed by atoms with van der Waals surface area (Å²) in [5.74, 6) is 0.872. The standard InChI is InChI=1S/C10H19NO2S/c1-3-4-5-6-14-10-8(7(2)12)9(13)11-10/h7-8,10,12H,3-6H2,1-2H3,(H,11,13)/t7-,8?,10?/m1/s1. The van der Waals surface area contributed by atoms with Crippen molar-refractivity contribution in [3.8, 4) is 0 Å². The van der Waals surface area contributed by atoms with Crippen LogP contribution in [0.3, 0.4) is 0 Å². The highest BCUT2D eigenvalue weighted by atomic mass is 32.2. The molecule has 14 heavy (non-hydrogen) atoms. The van der Waals surface area contributed by atoms with Gasteiger partial charge in [-0.05, 0) is 19.1 Å². The number of aliphatic hydroxyl groups is 1. The molecule has 3 atom stereocenters. The highest BCUT2D eigenvalue weighted by molar-refractivity contribution is 8.00. The Balaban J connectivity index is 2.16. The molecule has 0 bridgehead atoms. The van der Waals surface area contributed by atoms with Crippen LogP contribution in [0.4, 0.5) is 0 Å². The zero-order chi connectivity index (χ0) is 10.6. The number of nitrogens with one attached hydrogen (secondary N) is 1. The molecule has 2 N–H and O–H groups in total. The van der Waals surface area contributed by atoms with E-state index in [0.717, 1.165) is 5.75 Å². The van der Waals surface area contributed by atoms with Gasteiger partial charge in [-0.15, -0.1) is 11.8 Å². The van der Waals surface area contributed by atoms with Crippen molar-refractivity contribution in [2.24, 2.45) is 5.92 Å². The topological polar surface area (TPSA) is 49.3 Å². The monoisotopic (exact) mass is 217 g/mol. The molecule has 0 radical (unpaired) electrons. The summed E-state index contributed by atoms with van der Waals surface area (Å²) in [5, 5.41) is 12.3. The van der Waals surface area contributed by atoms with Gasteiger partial charge in [0.15, 0.2) is 0 Å². The molecule has 1 fully saturated rings. The molecule has 1 amide bonds. The minimum absolute atomic E-state index is 0.00649. The van der Waals surface area contributed by atoms with Crippen molar-refractivity contribution in [3.05, 3.63) is 0 Å². The van der Waals surface area contributed by atoms with E-state index in [1.54, 1.807) is 18.7 Å². The van der Waals surface area contributed by atoms with Crippen LogP contribution < -0.4 is 5.32 Å². The molecular formula is C10H19NO2S. The lowest BCUT2D eigenvalue weighted by Crippen LogP contribution is -2.60. The Kier molecular flexibility index (Phi) is 4.75. The Morgan fingerprint density at radius 3 is 2.79 bits per heavy atom. The second-order valence-corrected chi connectivity index (χ2v) is 5.02. The molecule has 0 saturated carbocycles. The fraction of sp³-hybridized carbons (Fsp3) is 0.900. The molecule has 0 aliphatic carbocycles. The first-order valence-corrected chi connectivity index (χ1v) is 6.31. The van der Waals surface area contributed by atoms with E-state index in [4.69, 9.17) is 0 Å². The maximum Gasteiger partial charge on any atom is 0.229 e. The smallest absolute Gasteiger partial charge is 0.229 e. The molecule has 1 heterocycles. The molecule has 0 aromatic rings. The van der Waals surface area contributed by atoms with Crippen LogP contribution in [0.25, 0.3) is 0 Å². The summed E-state index contributed by atoms with van der Waals surface area (Å²) in [6, 6.07) is 0. The number of thioether (sulfide) groups is 1. The fourth-order valence-corrected chi connectivity index (χ4v) is 2.93. The number of carbonyl (C=O) groups is 1. The van der Waals surface area contributed by atoms with E-state index in [9.17, 15) is 9.90 Å². The van der Waals surface area contributed by atoms with Crippen LogP contribution in [-0.4, -0.2) is 28.2 Å². The lowest BCUT2D eigenvalue weighted by Gasteiger charge is -2.37. The first-order chi connectivity index (χ1) is 6.66. The van der Waals surface area contributed by atoms with Crippen LogP contribution >= 0.6 is 11.8 Å². The zero-order valence-corrected chi connectivity index (χ0v) is 9.64. The third-order valence-corrected chi connectivity index (χ3v) is 3.77. The van der Waals surface area contributed by atoms with Gasteiger partial charge < -0.3 is 10.4 Å². The molecule has 82 valence electrons. The summed E-state index contributed by atoms with van der Waals surface area (Å²) in [7, 11) is 0. The molecular weight excluding hydrogens is 198 g/mol. The lowest BCUT2D eigenvalue weighted by atomic mass is 9.96. The Labute approximate surface area is 89.6 Å². The van der Waals surface area contributed by atoms with Gasteiger partial charge in [0.25, 0.3) is 0 Å². The highest BCUT2D eigenvalue weighted by Crippen LogP contribution is 2.29. The van der Waals surface area contributed by atoms with Crippen molar-refractivity contribution < 1.29 is 9.90 Å². The summed E-state index contributed by atoms with van der Waals surface area (Å²) < 4.78 is 0. The molecule has 0 aromatic carbocycles. The number of unbranched alkanes of at least 4 members (excludes halogenated alkanes) is 2. The number of hydrogen-bond acceptors (Lipinski definition) is 3. The van der Waals surface area contributed by atoms with Crippen molar-refractivity contribution in [3.63, 3.8) is 0 Å². The lowest BCUT2D eigenvalue weighted by molar-refractivity contribution is -0.136. The maximum atomic E-state index is 11.1. The van der Waals surface area contributed by atoms with Gasteiger partial charge in [-0.3, -0.25) is 4.79 Å². The number of β-lactam (4-membered cyclic amide) rings is 1. The summed E-state index contributed by atoms with van der Waals surface area (Å²) in [5.41, 5.74) is 0. The first kappa shape index (κ1) is 11.9. The van der Waals surface area contributed by atoms with E-state index in [1.807, 2.05) is 0 Å². The molecule has 2 unspecified atom stereocenters. The van der Waals surface area contributed by atoms with Crippen molar-refractivity contribution >= 4 is 17.7 Å². The van der Waals surface area contributed by atoms with Gasteiger partial charge in [-0.1, -0.05) is 19.8 Å². The average Bonchev–Trinajstić information content (AvgIpc) is 2.08. The van der Waals surface area contributed by atoms with E-state index < -0.39 is 6.10 Å². The Hall–Kier alpha value is -0.220. The quantitative estimate of drug-likeness (QED) is 0.522. The van der Waals surface area contributed by atoms with E-state index in [2.05, 4.69) is 12.2 Å². The van der Waals surface area contributed by atoms with Gasteiger partial charge in [0.05, 0.1) is 17.4 Å². The van der Waals surface area contributed by atoms with Crippen LogP contribution in [0.2, 0.25) is 0 Å². The van der Waals surface area contributed by atoms with Crippen LogP contribution in [0, 0.1) is 5.92 Å². The molecule has 3 nitrogen and oxygen atoms in total. The predicted molar refractivity (Wildman–Crippen MR) is 59.1 cm³/mol. The van der Waals surface area contributed by atoms with Crippen molar-refractivity contribution in [2.45, 2.75) is 44.6 Å². The number of amides is 1. The van der Waals surface area contributed by atoms with Crippen molar-refractivity contribution in [1.29, 1.82) is 0 Å². The molecule has 1 aliphatic heterocycles. The minimum Gasteiger partial charge on any atom is -0.392 e. The van der Waals surface area contributed by atoms with E-state index >= 15 is 0 Å². The maximum absolute atomic E-state index is 11.1. The number of hydrogen-bond donors (Lipinski definition) is 2. The summed E-state index contributed by atoms with van der Waals surface area (Å²) in [6.07, 6.45) is 3.14. The molecule has 1 aliphatic rings. The van der Waals surface area contributed by atoms with Gasteiger partial charge in [0, 0.05) is 0 Å². The summed E-state index contributed by atoms with van der Waals surface area (Å²) in [6.45, 7) is 3.86. The second kappa shape index (κ2) is 5.61. The Morgan fingerprint density at radius 2 is 2.29 bits per heavy atom. The fourth-order valence-electron chi connectivity index (χ4n) is 1.55. The minimum atomic E-state index is -0.521. The van der Waals surface area contributed by atoms with Gasteiger partial charge in [0.1, 0.15) is 0 Å². The predicted octanol–water partition coefficient (Wildman–Crippen LogP) is 1.36. The van der Waals surface area contributed by atoms with Crippen molar-refractivity contribution in [2.75, 3.05) is 5.75 Å². The molecule has 4 heteroatoms. The number of carbonyl (C=O) groups excluding carboxylic acids is 1. The van der Waals surface area contributed by atoms with Gasteiger partial charge >= 0.3 is 0 Å². The van der Waals surface area contributed by atoms with Crippen LogP contribution in [0.5, 0.6) is 0 Å². The Morgan fingerprint density at radius 1 is 1.57 bits per heavy atom. The zero-order valence-electron chi connectivity index (χ0n) is 8.82. The Bertz CT molecular complexity index is 197. The summed E-state index contributed by atoms with van der Waals surface area (Å²) >= 11 is 1.75. The molecule has 1 saturated heterocycles. The second-order valence-electron chi connectivity index (χ2n) is 3.77. The van der Waals surface area contributed by atoms with Crippen LogP contribution in [-0.2, 0) is 4.79 Å². The van der Waals surface area contributed by atoms with E-state index in [-0.39, 0.29) is 17.2 Å². The first-order valence-electron chi connectivity index (χ1n) is 5.27. The third-order valence-electron chi connectivity index (χ3n) is 2.48. The van der Waals surface area contributed by atoms with E-state index in [1.165, 1.54) is 19.3 Å². The normalized spacial score (nSPS) is 28.1. The third kappa shape index (κ3) is 2.89. The average molecular weight is 217 g/mol. The van der Waals surface area contributed by atoms with Crippen molar-refractivity contribution in [1.82, 2.24) is 5.32 Å². The van der Waals surface area contributed by atoms with Gasteiger partial charge in [-0.2, -0.15) is 0 Å². The van der Waals surface area contributed by atoms with Crippen LogP contribution in [0.15, 0.2) is 0 Å².